The zero-order chi connectivity index (χ0) is 21.0. The molecule has 0 bridgehead atoms. The van der Waals surface area contributed by atoms with Gasteiger partial charge in [-0.3, -0.25) is 0 Å². The van der Waals surface area contributed by atoms with E-state index in [0.29, 0.717) is 39.6 Å². The third kappa shape index (κ3) is 7.76. The standard InChI is InChI=1S/C24H24Br2O4/c25-21-16-24(30-14-12-28-18-20-9-5-2-6-10-20)22(26)15-23(21)29-13-11-27-17-19-7-3-1-4-8-19/h1-10,15-16H,11-14,17-18H2. The maximum absolute atomic E-state index is 5.82. The summed E-state index contributed by atoms with van der Waals surface area (Å²) in [5.74, 6) is 1.47. The molecule has 0 aliphatic heterocycles. The molecule has 3 rings (SSSR count). The van der Waals surface area contributed by atoms with E-state index in [4.69, 9.17) is 18.9 Å². The van der Waals surface area contributed by atoms with Crippen LogP contribution in [0.1, 0.15) is 11.1 Å². The van der Waals surface area contributed by atoms with Gasteiger partial charge in [-0.15, -0.1) is 0 Å². The molecule has 0 amide bonds. The van der Waals surface area contributed by atoms with Crippen molar-refractivity contribution in [3.05, 3.63) is 92.9 Å². The van der Waals surface area contributed by atoms with Crippen LogP contribution >= 0.6 is 31.9 Å². The molecule has 0 aliphatic rings. The molecule has 0 spiro atoms. The van der Waals surface area contributed by atoms with Gasteiger partial charge in [0.05, 0.1) is 35.4 Å². The van der Waals surface area contributed by atoms with Gasteiger partial charge in [0.1, 0.15) is 24.7 Å². The van der Waals surface area contributed by atoms with Crippen molar-refractivity contribution in [3.63, 3.8) is 0 Å². The highest BCUT2D eigenvalue weighted by Gasteiger charge is 2.09. The van der Waals surface area contributed by atoms with Crippen LogP contribution in [0.25, 0.3) is 0 Å². The Balaban J connectivity index is 1.36. The van der Waals surface area contributed by atoms with Gasteiger partial charge in [-0.2, -0.15) is 0 Å². The van der Waals surface area contributed by atoms with Gasteiger partial charge in [-0.25, -0.2) is 0 Å². The van der Waals surface area contributed by atoms with E-state index in [1.54, 1.807) is 0 Å². The average molecular weight is 536 g/mol. The summed E-state index contributed by atoms with van der Waals surface area (Å²) in [6.07, 6.45) is 0. The van der Waals surface area contributed by atoms with E-state index >= 15 is 0 Å². The van der Waals surface area contributed by atoms with Gasteiger partial charge < -0.3 is 18.9 Å². The minimum Gasteiger partial charge on any atom is -0.490 e. The van der Waals surface area contributed by atoms with Gasteiger partial charge in [-0.1, -0.05) is 60.7 Å². The van der Waals surface area contributed by atoms with E-state index < -0.39 is 0 Å². The fourth-order valence-corrected chi connectivity index (χ4v) is 3.55. The number of benzene rings is 3. The van der Waals surface area contributed by atoms with Gasteiger partial charge in [0.25, 0.3) is 0 Å². The Morgan fingerprint density at radius 2 is 0.933 bits per heavy atom. The van der Waals surface area contributed by atoms with Crippen molar-refractivity contribution in [2.75, 3.05) is 26.4 Å². The first-order valence-electron chi connectivity index (χ1n) is 9.70. The Bertz CT molecular complexity index is 813. The molecule has 0 aromatic heterocycles. The van der Waals surface area contributed by atoms with Crippen LogP contribution in [0.3, 0.4) is 0 Å². The molecule has 6 heteroatoms. The van der Waals surface area contributed by atoms with E-state index in [9.17, 15) is 0 Å². The topological polar surface area (TPSA) is 36.9 Å². The van der Waals surface area contributed by atoms with E-state index in [0.717, 1.165) is 31.6 Å². The van der Waals surface area contributed by atoms with Crippen LogP contribution in [0.5, 0.6) is 11.5 Å². The lowest BCUT2D eigenvalue weighted by molar-refractivity contribution is 0.0874. The predicted octanol–water partition coefficient (Wildman–Crippen LogP) is 6.40. The first-order chi connectivity index (χ1) is 14.7. The second-order valence-corrected chi connectivity index (χ2v) is 8.20. The molecule has 0 saturated carbocycles. The molecule has 0 fully saturated rings. The maximum Gasteiger partial charge on any atom is 0.134 e. The van der Waals surface area contributed by atoms with Crippen LogP contribution in [0, 0.1) is 0 Å². The fraction of sp³-hybridized carbons (Fsp3) is 0.250. The summed E-state index contributed by atoms with van der Waals surface area (Å²) in [5.41, 5.74) is 2.30. The molecule has 3 aromatic rings. The average Bonchev–Trinajstić information content (AvgIpc) is 2.77. The van der Waals surface area contributed by atoms with Gasteiger partial charge in [0.2, 0.25) is 0 Å². The highest BCUT2D eigenvalue weighted by atomic mass is 79.9. The normalized spacial score (nSPS) is 10.7. The molecule has 0 unspecified atom stereocenters. The molecular weight excluding hydrogens is 512 g/mol. The Morgan fingerprint density at radius 1 is 0.533 bits per heavy atom. The van der Waals surface area contributed by atoms with Crippen molar-refractivity contribution in [3.8, 4) is 11.5 Å². The second kappa shape index (κ2) is 12.7. The molecule has 0 radical (unpaired) electrons. The molecule has 0 heterocycles. The van der Waals surface area contributed by atoms with E-state index in [-0.39, 0.29) is 0 Å². The smallest absolute Gasteiger partial charge is 0.134 e. The summed E-state index contributed by atoms with van der Waals surface area (Å²) in [7, 11) is 0. The quantitative estimate of drug-likeness (QED) is 0.251. The summed E-state index contributed by atoms with van der Waals surface area (Å²) in [4.78, 5) is 0. The van der Waals surface area contributed by atoms with Crippen molar-refractivity contribution >= 4 is 31.9 Å². The first kappa shape index (κ1) is 22.8. The van der Waals surface area contributed by atoms with Crippen LogP contribution < -0.4 is 9.47 Å². The molecule has 158 valence electrons. The van der Waals surface area contributed by atoms with Gasteiger partial charge in [0, 0.05) is 0 Å². The van der Waals surface area contributed by atoms with E-state index in [1.807, 2.05) is 72.8 Å². The summed E-state index contributed by atoms with van der Waals surface area (Å²) in [6, 6.07) is 23.9. The Kier molecular flexibility index (Phi) is 9.70. The number of rotatable bonds is 12. The Labute approximate surface area is 194 Å². The molecule has 0 atom stereocenters. The van der Waals surface area contributed by atoms with E-state index in [2.05, 4.69) is 31.9 Å². The third-order valence-corrected chi connectivity index (χ3v) is 5.42. The summed E-state index contributed by atoms with van der Waals surface area (Å²) in [5, 5.41) is 0. The molecule has 30 heavy (non-hydrogen) atoms. The number of hydrogen-bond donors (Lipinski definition) is 0. The van der Waals surface area contributed by atoms with Gasteiger partial charge in [0.15, 0.2) is 0 Å². The van der Waals surface area contributed by atoms with Crippen molar-refractivity contribution in [1.82, 2.24) is 0 Å². The van der Waals surface area contributed by atoms with Crippen LogP contribution in [0.2, 0.25) is 0 Å². The zero-order valence-corrected chi connectivity index (χ0v) is 19.7. The number of halogens is 2. The second-order valence-electron chi connectivity index (χ2n) is 6.49. The first-order valence-corrected chi connectivity index (χ1v) is 11.3. The minimum absolute atomic E-state index is 0.464. The van der Waals surface area contributed by atoms with Gasteiger partial charge in [-0.05, 0) is 55.1 Å². The largest absolute Gasteiger partial charge is 0.490 e. The van der Waals surface area contributed by atoms with Gasteiger partial charge >= 0.3 is 0 Å². The fourth-order valence-electron chi connectivity index (χ4n) is 2.68. The summed E-state index contributed by atoms with van der Waals surface area (Å²) >= 11 is 7.09. The van der Waals surface area contributed by atoms with Crippen molar-refractivity contribution in [2.45, 2.75) is 13.2 Å². The third-order valence-electron chi connectivity index (χ3n) is 4.18. The van der Waals surface area contributed by atoms with Crippen LogP contribution in [-0.2, 0) is 22.7 Å². The molecule has 3 aromatic carbocycles. The molecule has 4 nitrogen and oxygen atoms in total. The Morgan fingerprint density at radius 3 is 1.33 bits per heavy atom. The maximum atomic E-state index is 5.82. The van der Waals surface area contributed by atoms with Crippen molar-refractivity contribution in [1.29, 1.82) is 0 Å². The summed E-state index contributed by atoms with van der Waals surface area (Å²) < 4.78 is 24.6. The SMILES string of the molecule is Brc1cc(OCCOCc2ccccc2)c(Br)cc1OCCOCc1ccccc1. The van der Waals surface area contributed by atoms with E-state index in [1.165, 1.54) is 0 Å². The highest BCUT2D eigenvalue weighted by Crippen LogP contribution is 2.36. The number of ether oxygens (including phenoxy) is 4. The minimum atomic E-state index is 0.464. The molecular formula is C24H24Br2O4. The van der Waals surface area contributed by atoms with Crippen molar-refractivity contribution < 1.29 is 18.9 Å². The lowest BCUT2D eigenvalue weighted by atomic mass is 10.2. The summed E-state index contributed by atoms with van der Waals surface area (Å²) in [6.45, 7) is 3.10. The highest BCUT2D eigenvalue weighted by molar-refractivity contribution is 9.11. The molecule has 0 N–H and O–H groups in total. The van der Waals surface area contributed by atoms with Crippen LogP contribution in [0.4, 0.5) is 0 Å². The monoisotopic (exact) mass is 534 g/mol. The van der Waals surface area contributed by atoms with Crippen LogP contribution in [0.15, 0.2) is 81.7 Å². The lowest BCUT2D eigenvalue weighted by Crippen LogP contribution is -2.08. The Hall–Kier alpha value is -1.86. The molecule has 0 saturated heterocycles. The zero-order valence-electron chi connectivity index (χ0n) is 16.6. The molecule has 0 aliphatic carbocycles. The lowest BCUT2D eigenvalue weighted by Gasteiger charge is -2.13. The van der Waals surface area contributed by atoms with Crippen molar-refractivity contribution in [2.24, 2.45) is 0 Å². The van der Waals surface area contributed by atoms with Crippen LogP contribution in [-0.4, -0.2) is 26.4 Å². The predicted molar refractivity (Wildman–Crippen MR) is 125 cm³/mol. The number of hydrogen-bond acceptors (Lipinski definition) is 4.